The molecular formula is C28H32F3N9O. The number of aromatic nitrogens is 5. The number of likely N-dealkylation sites (tertiary alicyclic amines) is 1. The van der Waals surface area contributed by atoms with Crippen molar-refractivity contribution in [3.63, 3.8) is 0 Å². The van der Waals surface area contributed by atoms with Crippen molar-refractivity contribution in [1.82, 2.24) is 40.1 Å². The molecule has 1 unspecified atom stereocenters. The number of hydrogen-bond donors (Lipinski definition) is 4. The van der Waals surface area contributed by atoms with Gasteiger partial charge < -0.3 is 20.9 Å². The second-order valence-corrected chi connectivity index (χ2v) is 10.8. The third kappa shape index (κ3) is 5.64. The van der Waals surface area contributed by atoms with Crippen LogP contribution in [0.4, 0.5) is 24.7 Å². The van der Waals surface area contributed by atoms with Gasteiger partial charge in [0.1, 0.15) is 5.69 Å². The van der Waals surface area contributed by atoms with E-state index >= 15 is 0 Å². The fourth-order valence-corrected chi connectivity index (χ4v) is 5.65. The molecule has 2 aliphatic rings. The van der Waals surface area contributed by atoms with E-state index in [0.29, 0.717) is 41.6 Å². The number of aryl methyl sites for hydroxylation is 1. The first kappa shape index (κ1) is 27.2. The van der Waals surface area contributed by atoms with Crippen molar-refractivity contribution in [3.8, 4) is 11.3 Å². The van der Waals surface area contributed by atoms with Crippen LogP contribution in [-0.2, 0) is 12.6 Å². The van der Waals surface area contributed by atoms with Gasteiger partial charge in [0.25, 0.3) is 5.91 Å². The molecule has 0 spiro atoms. The van der Waals surface area contributed by atoms with Gasteiger partial charge in [0.15, 0.2) is 11.5 Å². The minimum atomic E-state index is -4.58. The lowest BCUT2D eigenvalue weighted by molar-refractivity contribution is -0.140. The van der Waals surface area contributed by atoms with Crippen LogP contribution >= 0.6 is 0 Å². The first-order valence-corrected chi connectivity index (χ1v) is 13.8. The molecular weight excluding hydrogens is 535 g/mol. The number of rotatable bonds is 9. The second kappa shape index (κ2) is 11.1. The van der Waals surface area contributed by atoms with Gasteiger partial charge in [0.2, 0.25) is 0 Å². The summed E-state index contributed by atoms with van der Waals surface area (Å²) >= 11 is 0. The smallest absolute Gasteiger partial charge is 0.352 e. The van der Waals surface area contributed by atoms with Crippen LogP contribution in [0.3, 0.4) is 0 Å². The summed E-state index contributed by atoms with van der Waals surface area (Å²) in [7, 11) is 0. The van der Waals surface area contributed by atoms with Crippen molar-refractivity contribution in [2.24, 2.45) is 11.8 Å². The number of imidazole rings is 1. The van der Waals surface area contributed by atoms with E-state index in [1.165, 1.54) is 16.8 Å². The summed E-state index contributed by atoms with van der Waals surface area (Å²) in [5.41, 5.74) is 1.74. The average molecular weight is 568 g/mol. The Morgan fingerprint density at radius 2 is 2.02 bits per heavy atom. The van der Waals surface area contributed by atoms with Crippen LogP contribution in [0, 0.1) is 11.8 Å². The van der Waals surface area contributed by atoms with Crippen molar-refractivity contribution in [1.29, 1.82) is 0 Å². The second-order valence-electron chi connectivity index (χ2n) is 10.8. The molecule has 10 nitrogen and oxygen atoms in total. The molecule has 216 valence electrons. The van der Waals surface area contributed by atoms with E-state index in [1.54, 1.807) is 18.3 Å². The third-order valence-corrected chi connectivity index (χ3v) is 7.92. The third-order valence-electron chi connectivity index (χ3n) is 7.92. The van der Waals surface area contributed by atoms with Gasteiger partial charge >= 0.3 is 6.18 Å². The highest BCUT2D eigenvalue weighted by Crippen LogP contribution is 2.36. The number of fused-ring (bicyclic) bond motifs is 1. The van der Waals surface area contributed by atoms with Gasteiger partial charge in [-0.25, -0.2) is 9.97 Å². The molecule has 13 heteroatoms. The first-order chi connectivity index (χ1) is 19.8. The van der Waals surface area contributed by atoms with Crippen LogP contribution in [-0.4, -0.2) is 74.6 Å². The van der Waals surface area contributed by atoms with Gasteiger partial charge in [-0.2, -0.15) is 18.3 Å². The molecule has 41 heavy (non-hydrogen) atoms. The van der Waals surface area contributed by atoms with E-state index in [1.807, 2.05) is 18.1 Å². The lowest BCUT2D eigenvalue weighted by Crippen LogP contribution is -2.48. The number of alkyl halides is 3. The zero-order valence-electron chi connectivity index (χ0n) is 22.6. The van der Waals surface area contributed by atoms with Gasteiger partial charge in [0, 0.05) is 56.4 Å². The molecule has 5 heterocycles. The van der Waals surface area contributed by atoms with Crippen LogP contribution in [0.15, 0.2) is 43.0 Å². The molecule has 2 fully saturated rings. The van der Waals surface area contributed by atoms with Crippen molar-refractivity contribution in [2.45, 2.75) is 25.9 Å². The number of carbonyl (C=O) groups is 1. The van der Waals surface area contributed by atoms with Crippen molar-refractivity contribution < 1.29 is 18.0 Å². The lowest BCUT2D eigenvalue weighted by Gasteiger charge is -2.31. The highest BCUT2D eigenvalue weighted by molar-refractivity contribution is 5.96. The number of benzene rings is 1. The maximum absolute atomic E-state index is 13.4. The lowest BCUT2D eigenvalue weighted by atomic mass is 10.0. The van der Waals surface area contributed by atoms with Gasteiger partial charge in [-0.15, -0.1) is 0 Å². The topological polar surface area (TPSA) is 115 Å². The zero-order chi connectivity index (χ0) is 28.6. The van der Waals surface area contributed by atoms with E-state index in [-0.39, 0.29) is 17.2 Å². The molecule has 2 saturated heterocycles. The maximum Gasteiger partial charge on any atom is 0.433 e. The van der Waals surface area contributed by atoms with Crippen LogP contribution in [0.2, 0.25) is 0 Å². The Bertz CT molecular complexity index is 1540. The normalized spacial score (nSPS) is 18.1. The Labute approximate surface area is 234 Å². The summed E-state index contributed by atoms with van der Waals surface area (Å²) in [5.74, 6) is 1.49. The Balaban J connectivity index is 1.14. The predicted octanol–water partition coefficient (Wildman–Crippen LogP) is 3.72. The standard InChI is InChI=1S/C28H32F3N9O/c1-2-19-9-20(3-4-21(19)27(41)35-12-17-5-7-39(15-17)16-18-10-32-11-18)37-25-26-34-14-23(40(26)8-6-33-25)22-13-36-38-24(22)28(29,30)31/h3-4,6,8-9,13-14,17-18,32H,2,5,7,10-12,15-16H2,1H3,(H,33,37)(H,35,41)(H,36,38). The number of nitrogens with zero attached hydrogens (tertiary/aromatic N) is 5. The summed E-state index contributed by atoms with van der Waals surface area (Å²) in [6.45, 7) is 8.09. The molecule has 1 amide bonds. The van der Waals surface area contributed by atoms with Gasteiger partial charge in [-0.1, -0.05) is 6.92 Å². The highest BCUT2D eigenvalue weighted by atomic mass is 19.4. The molecule has 0 saturated carbocycles. The average Bonchev–Trinajstić information content (AvgIpc) is 3.69. The quantitative estimate of drug-likeness (QED) is 0.244. The Morgan fingerprint density at radius 1 is 1.17 bits per heavy atom. The number of nitrogens with one attached hydrogen (secondary N) is 4. The maximum atomic E-state index is 13.4. The van der Waals surface area contributed by atoms with Gasteiger partial charge in [-0.05, 0) is 55.0 Å². The fraction of sp³-hybridized carbons (Fsp3) is 0.429. The fourth-order valence-electron chi connectivity index (χ4n) is 5.65. The number of hydrogen-bond acceptors (Lipinski definition) is 7. The van der Waals surface area contributed by atoms with Crippen LogP contribution in [0.25, 0.3) is 16.9 Å². The minimum absolute atomic E-state index is 0.0891. The Morgan fingerprint density at radius 3 is 2.78 bits per heavy atom. The van der Waals surface area contributed by atoms with E-state index in [4.69, 9.17) is 0 Å². The van der Waals surface area contributed by atoms with E-state index in [9.17, 15) is 18.0 Å². The molecule has 2 aliphatic heterocycles. The van der Waals surface area contributed by atoms with E-state index < -0.39 is 11.9 Å². The number of H-pyrrole nitrogens is 1. The SMILES string of the molecule is CCc1cc(Nc2nccn3c(-c4cn[nH]c4C(F)(F)F)cnc23)ccc1C(=O)NCC1CCN(CC2CNC2)C1. The Kier molecular flexibility index (Phi) is 7.39. The Hall–Kier alpha value is -3.97. The first-order valence-electron chi connectivity index (χ1n) is 13.8. The summed E-state index contributed by atoms with van der Waals surface area (Å²) in [5, 5.41) is 15.3. The molecule has 3 aromatic heterocycles. The summed E-state index contributed by atoms with van der Waals surface area (Å²) < 4.78 is 41.9. The molecule has 0 aliphatic carbocycles. The number of halogens is 3. The molecule has 4 N–H and O–H groups in total. The highest BCUT2D eigenvalue weighted by Gasteiger charge is 2.36. The van der Waals surface area contributed by atoms with Crippen LogP contribution in [0.5, 0.6) is 0 Å². The van der Waals surface area contributed by atoms with Crippen molar-refractivity contribution in [3.05, 3.63) is 59.8 Å². The minimum Gasteiger partial charge on any atom is -0.352 e. The van der Waals surface area contributed by atoms with Gasteiger partial charge in [-0.3, -0.25) is 14.3 Å². The largest absolute Gasteiger partial charge is 0.433 e. The number of carbonyl (C=O) groups excluding carboxylic acids is 1. The van der Waals surface area contributed by atoms with Crippen LogP contribution < -0.4 is 16.0 Å². The molecule has 0 bridgehead atoms. The molecule has 6 rings (SSSR count). The van der Waals surface area contributed by atoms with Gasteiger partial charge in [0.05, 0.1) is 23.7 Å². The zero-order valence-corrected chi connectivity index (χ0v) is 22.6. The van der Waals surface area contributed by atoms with E-state index in [2.05, 4.69) is 35.9 Å². The molecule has 0 radical (unpaired) electrons. The van der Waals surface area contributed by atoms with Crippen LogP contribution in [0.1, 0.15) is 35.0 Å². The van der Waals surface area contributed by atoms with E-state index in [0.717, 1.165) is 56.8 Å². The molecule has 1 atom stereocenters. The molecule has 1 aromatic carbocycles. The molecule has 4 aromatic rings. The number of amides is 1. The van der Waals surface area contributed by atoms with Crippen molar-refractivity contribution in [2.75, 3.05) is 44.6 Å². The summed E-state index contributed by atoms with van der Waals surface area (Å²) in [4.78, 5) is 24.3. The summed E-state index contributed by atoms with van der Waals surface area (Å²) in [6.07, 6.45) is 2.69. The predicted molar refractivity (Wildman–Crippen MR) is 148 cm³/mol. The summed E-state index contributed by atoms with van der Waals surface area (Å²) in [6, 6.07) is 5.48. The van der Waals surface area contributed by atoms with Crippen molar-refractivity contribution >= 4 is 23.1 Å². The monoisotopic (exact) mass is 567 g/mol. The number of anilines is 2. The number of aromatic amines is 1.